The molecular formula is C53H36N2. The minimum atomic E-state index is -0.0874. The molecule has 2 aromatic heterocycles. The SMILES string of the molecule is CC1(C)c2ccccc2-c2c1ccc1c2c2cc(-c3ccc4c(c3)c3ccccc3n4-c3ccc4ccccc4c3)ccc2n1-c1cccc2ccccc12. The largest absolute Gasteiger partial charge is 0.309 e. The number of rotatable bonds is 3. The summed E-state index contributed by atoms with van der Waals surface area (Å²) in [6, 6.07) is 67.6. The summed E-state index contributed by atoms with van der Waals surface area (Å²) < 4.78 is 4.93. The Balaban J connectivity index is 1.13. The quantitative estimate of drug-likeness (QED) is 0.174. The van der Waals surface area contributed by atoms with Crippen LogP contribution in [0, 0.1) is 0 Å². The number of hydrogen-bond acceptors (Lipinski definition) is 0. The van der Waals surface area contributed by atoms with Gasteiger partial charge in [-0.05, 0) is 104 Å². The van der Waals surface area contributed by atoms with Crippen LogP contribution in [-0.4, -0.2) is 9.13 Å². The summed E-state index contributed by atoms with van der Waals surface area (Å²) in [4.78, 5) is 0. The highest BCUT2D eigenvalue weighted by atomic mass is 15.0. The second-order valence-electron chi connectivity index (χ2n) is 15.7. The Kier molecular flexibility index (Phi) is 6.15. The number of benzene rings is 9. The molecule has 2 nitrogen and oxygen atoms in total. The van der Waals surface area contributed by atoms with Crippen LogP contribution in [0.25, 0.3) is 98.8 Å². The second kappa shape index (κ2) is 11.1. The highest BCUT2D eigenvalue weighted by Gasteiger charge is 2.37. The maximum atomic E-state index is 2.51. The van der Waals surface area contributed by atoms with Crippen LogP contribution in [0.3, 0.4) is 0 Å². The maximum absolute atomic E-state index is 2.51. The Morgan fingerprint density at radius 2 is 1.02 bits per heavy atom. The van der Waals surface area contributed by atoms with Gasteiger partial charge in [0, 0.05) is 38.0 Å². The molecule has 0 radical (unpaired) electrons. The van der Waals surface area contributed by atoms with E-state index in [0.717, 1.165) is 0 Å². The lowest BCUT2D eigenvalue weighted by Crippen LogP contribution is -2.14. The van der Waals surface area contributed by atoms with Gasteiger partial charge >= 0.3 is 0 Å². The topological polar surface area (TPSA) is 9.86 Å². The summed E-state index contributed by atoms with van der Waals surface area (Å²) in [6.07, 6.45) is 0. The first-order chi connectivity index (χ1) is 27.0. The summed E-state index contributed by atoms with van der Waals surface area (Å²) in [5, 5.41) is 10.1. The average molecular weight is 701 g/mol. The van der Waals surface area contributed by atoms with Gasteiger partial charge in [0.2, 0.25) is 0 Å². The van der Waals surface area contributed by atoms with Crippen LogP contribution in [0.4, 0.5) is 0 Å². The van der Waals surface area contributed by atoms with E-state index in [2.05, 4.69) is 205 Å². The van der Waals surface area contributed by atoms with E-state index in [1.54, 1.807) is 0 Å². The predicted molar refractivity (Wildman–Crippen MR) is 233 cm³/mol. The minimum Gasteiger partial charge on any atom is -0.309 e. The second-order valence-corrected chi connectivity index (χ2v) is 15.7. The normalized spacial score (nSPS) is 13.4. The van der Waals surface area contributed by atoms with Gasteiger partial charge in [0.05, 0.1) is 27.8 Å². The Morgan fingerprint density at radius 3 is 1.87 bits per heavy atom. The standard InChI is InChI=1S/C53H36N2/c1-53(2)44-19-9-7-18-41(44)51-45(53)26-29-50-52(51)43-32-37(24-28-49(43)55(50)46-21-11-15-34-13-5-6-16-39(34)46)36-23-27-48-42(31-36)40-17-8-10-20-47(40)54(48)38-25-22-33-12-3-4-14-35(33)30-38/h3-32H,1-2H3. The van der Waals surface area contributed by atoms with Gasteiger partial charge in [-0.25, -0.2) is 0 Å². The van der Waals surface area contributed by atoms with Crippen molar-refractivity contribution in [2.24, 2.45) is 0 Å². The molecule has 0 bridgehead atoms. The van der Waals surface area contributed by atoms with Crippen molar-refractivity contribution in [2.75, 3.05) is 0 Å². The van der Waals surface area contributed by atoms with E-state index in [1.165, 1.54) is 110 Å². The third kappa shape index (κ3) is 4.20. The smallest absolute Gasteiger partial charge is 0.0547 e. The lowest BCUT2D eigenvalue weighted by atomic mass is 9.82. The molecule has 0 amide bonds. The molecule has 0 atom stereocenters. The number of nitrogens with zero attached hydrogens (tertiary/aromatic N) is 2. The van der Waals surface area contributed by atoms with Crippen molar-refractivity contribution in [3.05, 3.63) is 193 Å². The molecule has 12 rings (SSSR count). The number of fused-ring (bicyclic) bond motifs is 12. The van der Waals surface area contributed by atoms with Crippen LogP contribution < -0.4 is 0 Å². The molecule has 0 fully saturated rings. The molecule has 55 heavy (non-hydrogen) atoms. The number of hydrogen-bond donors (Lipinski definition) is 0. The molecule has 2 heteroatoms. The monoisotopic (exact) mass is 700 g/mol. The lowest BCUT2D eigenvalue weighted by Gasteiger charge is -2.21. The summed E-state index contributed by atoms with van der Waals surface area (Å²) in [5.41, 5.74) is 15.1. The van der Waals surface area contributed by atoms with E-state index in [1.807, 2.05) is 0 Å². The van der Waals surface area contributed by atoms with Crippen LogP contribution in [-0.2, 0) is 5.41 Å². The fourth-order valence-corrected chi connectivity index (χ4v) is 9.89. The molecule has 1 aliphatic carbocycles. The highest BCUT2D eigenvalue weighted by Crippen LogP contribution is 2.53. The van der Waals surface area contributed by atoms with E-state index in [-0.39, 0.29) is 5.41 Å². The van der Waals surface area contributed by atoms with Gasteiger partial charge in [-0.2, -0.15) is 0 Å². The summed E-state index contributed by atoms with van der Waals surface area (Å²) >= 11 is 0. The van der Waals surface area contributed by atoms with Gasteiger partial charge in [-0.15, -0.1) is 0 Å². The average Bonchev–Trinajstić information content (AvgIpc) is 3.83. The predicted octanol–water partition coefficient (Wildman–Crippen LogP) is 14.2. The van der Waals surface area contributed by atoms with Crippen molar-refractivity contribution in [1.82, 2.24) is 9.13 Å². The van der Waals surface area contributed by atoms with Crippen molar-refractivity contribution in [1.29, 1.82) is 0 Å². The summed E-state index contributed by atoms with van der Waals surface area (Å²) in [5.74, 6) is 0. The van der Waals surface area contributed by atoms with E-state index in [9.17, 15) is 0 Å². The van der Waals surface area contributed by atoms with Gasteiger partial charge in [-0.1, -0.05) is 141 Å². The third-order valence-electron chi connectivity index (χ3n) is 12.5. The molecule has 11 aromatic rings. The summed E-state index contributed by atoms with van der Waals surface area (Å²) in [7, 11) is 0. The first kappa shape index (κ1) is 30.6. The molecule has 0 saturated heterocycles. The van der Waals surface area contributed by atoms with Gasteiger partial charge in [0.1, 0.15) is 0 Å². The first-order valence-electron chi connectivity index (χ1n) is 19.3. The molecule has 9 aromatic carbocycles. The molecule has 0 spiro atoms. The lowest BCUT2D eigenvalue weighted by molar-refractivity contribution is 0.661. The molecule has 1 aliphatic rings. The van der Waals surface area contributed by atoms with Crippen molar-refractivity contribution in [2.45, 2.75) is 19.3 Å². The zero-order valence-corrected chi connectivity index (χ0v) is 30.7. The van der Waals surface area contributed by atoms with Crippen LogP contribution >= 0.6 is 0 Å². The van der Waals surface area contributed by atoms with Crippen molar-refractivity contribution < 1.29 is 0 Å². The van der Waals surface area contributed by atoms with Crippen molar-refractivity contribution >= 4 is 65.2 Å². The molecule has 0 N–H and O–H groups in total. The summed E-state index contributed by atoms with van der Waals surface area (Å²) in [6.45, 7) is 4.75. The zero-order valence-electron chi connectivity index (χ0n) is 30.7. The Labute approximate surface area is 319 Å². The van der Waals surface area contributed by atoms with E-state index >= 15 is 0 Å². The number of para-hydroxylation sites is 1. The van der Waals surface area contributed by atoms with Gasteiger partial charge < -0.3 is 9.13 Å². The fraction of sp³-hybridized carbons (Fsp3) is 0.0566. The van der Waals surface area contributed by atoms with Crippen LogP contribution in [0.15, 0.2) is 182 Å². The fourth-order valence-electron chi connectivity index (χ4n) is 9.89. The van der Waals surface area contributed by atoms with Gasteiger partial charge in [-0.3, -0.25) is 0 Å². The maximum Gasteiger partial charge on any atom is 0.0547 e. The molecule has 0 aliphatic heterocycles. The van der Waals surface area contributed by atoms with Crippen LogP contribution in [0.2, 0.25) is 0 Å². The zero-order chi connectivity index (χ0) is 36.4. The molecule has 2 heterocycles. The molecule has 0 unspecified atom stereocenters. The van der Waals surface area contributed by atoms with Gasteiger partial charge in [0.15, 0.2) is 0 Å². The van der Waals surface area contributed by atoms with E-state index in [0.29, 0.717) is 0 Å². The minimum absolute atomic E-state index is 0.0874. The highest BCUT2D eigenvalue weighted by molar-refractivity contribution is 6.19. The van der Waals surface area contributed by atoms with Crippen molar-refractivity contribution in [3.8, 4) is 33.6 Å². The van der Waals surface area contributed by atoms with E-state index < -0.39 is 0 Å². The van der Waals surface area contributed by atoms with Gasteiger partial charge in [0.25, 0.3) is 0 Å². The van der Waals surface area contributed by atoms with E-state index in [4.69, 9.17) is 0 Å². The Bertz CT molecular complexity index is 3400. The van der Waals surface area contributed by atoms with Crippen molar-refractivity contribution in [3.63, 3.8) is 0 Å². The first-order valence-corrected chi connectivity index (χ1v) is 19.3. The Hall–Kier alpha value is -6.90. The third-order valence-corrected chi connectivity index (χ3v) is 12.5. The number of aromatic nitrogens is 2. The molecule has 0 saturated carbocycles. The Morgan fingerprint density at radius 1 is 0.382 bits per heavy atom. The van der Waals surface area contributed by atoms with Crippen LogP contribution in [0.1, 0.15) is 25.0 Å². The molecular weight excluding hydrogens is 665 g/mol. The van der Waals surface area contributed by atoms with Crippen LogP contribution in [0.5, 0.6) is 0 Å². The molecule has 258 valence electrons.